The van der Waals surface area contributed by atoms with Crippen LogP contribution in [0.5, 0.6) is 11.6 Å². The van der Waals surface area contributed by atoms with Crippen LogP contribution in [0.2, 0.25) is 5.02 Å². The van der Waals surface area contributed by atoms with Crippen LogP contribution >= 0.6 is 23.2 Å². The molecule has 0 unspecified atom stereocenters. The molecule has 3 rings (SSSR count). The fraction of sp³-hybridized carbons (Fsp3) is 0.0714. The number of nitrogens with zero attached hydrogens (tertiary/aromatic N) is 3. The van der Waals surface area contributed by atoms with Gasteiger partial charge in [-0.25, -0.2) is 4.98 Å². The highest BCUT2D eigenvalue weighted by molar-refractivity contribution is 6.30. The van der Waals surface area contributed by atoms with E-state index < -0.39 is 0 Å². The molecule has 0 atom stereocenters. The summed E-state index contributed by atoms with van der Waals surface area (Å²) in [5.41, 5.74) is 0.787. The lowest BCUT2D eigenvalue weighted by atomic mass is 10.2. The average molecular weight is 322 g/mol. The van der Waals surface area contributed by atoms with Crippen LogP contribution in [0.3, 0.4) is 0 Å². The van der Waals surface area contributed by atoms with Gasteiger partial charge in [-0.1, -0.05) is 16.8 Å². The molecule has 21 heavy (non-hydrogen) atoms. The molecule has 106 valence electrons. The number of hydrogen-bond donors (Lipinski definition) is 0. The molecular formula is C14H9Cl2N3O2. The van der Waals surface area contributed by atoms with Crippen molar-refractivity contribution >= 4 is 23.2 Å². The second kappa shape index (κ2) is 6.11. The fourth-order valence-electron chi connectivity index (χ4n) is 1.63. The van der Waals surface area contributed by atoms with Crippen LogP contribution in [0.4, 0.5) is 0 Å². The van der Waals surface area contributed by atoms with Crippen molar-refractivity contribution in [3.63, 3.8) is 0 Å². The number of ether oxygens (including phenoxy) is 1. The summed E-state index contributed by atoms with van der Waals surface area (Å²) in [6, 6.07) is 10.6. The molecule has 0 spiro atoms. The zero-order valence-electron chi connectivity index (χ0n) is 10.7. The van der Waals surface area contributed by atoms with Crippen molar-refractivity contribution in [2.75, 3.05) is 0 Å². The van der Waals surface area contributed by atoms with Gasteiger partial charge in [-0.05, 0) is 30.3 Å². The number of pyridine rings is 1. The first-order chi connectivity index (χ1) is 10.2. The van der Waals surface area contributed by atoms with Crippen molar-refractivity contribution in [1.82, 2.24) is 15.1 Å². The Morgan fingerprint density at radius 2 is 1.90 bits per heavy atom. The third kappa shape index (κ3) is 3.32. The second-order valence-corrected chi connectivity index (χ2v) is 4.79. The first-order valence-corrected chi connectivity index (χ1v) is 6.94. The van der Waals surface area contributed by atoms with E-state index in [9.17, 15) is 0 Å². The van der Waals surface area contributed by atoms with Crippen LogP contribution in [-0.2, 0) is 5.88 Å². The molecule has 0 fully saturated rings. The van der Waals surface area contributed by atoms with Gasteiger partial charge >= 0.3 is 0 Å². The summed E-state index contributed by atoms with van der Waals surface area (Å²) in [7, 11) is 0. The maximum atomic E-state index is 5.77. The highest BCUT2D eigenvalue weighted by Crippen LogP contribution is 2.24. The number of halogens is 2. The summed E-state index contributed by atoms with van der Waals surface area (Å²) in [6.45, 7) is 0. The average Bonchev–Trinajstić information content (AvgIpc) is 2.99. The Hall–Kier alpha value is -2.11. The molecule has 0 aliphatic heterocycles. The highest BCUT2D eigenvalue weighted by Gasteiger charge is 2.08. The minimum atomic E-state index is 0.215. The standard InChI is InChI=1S/C14H9Cl2N3O2/c15-7-12-18-14(21-19-12)9-1-4-11(5-2-9)20-13-6-3-10(16)8-17-13/h1-6,8H,7H2. The van der Waals surface area contributed by atoms with E-state index in [-0.39, 0.29) is 5.88 Å². The van der Waals surface area contributed by atoms with Crippen LogP contribution in [0.15, 0.2) is 47.1 Å². The van der Waals surface area contributed by atoms with Gasteiger partial charge in [0, 0.05) is 17.8 Å². The number of benzene rings is 1. The summed E-state index contributed by atoms with van der Waals surface area (Å²) in [5, 5.41) is 4.30. The molecule has 3 aromatic rings. The Kier molecular flexibility index (Phi) is 4.03. The fourth-order valence-corrected chi connectivity index (χ4v) is 1.85. The van der Waals surface area contributed by atoms with E-state index in [0.717, 1.165) is 5.56 Å². The van der Waals surface area contributed by atoms with E-state index in [1.807, 2.05) is 12.1 Å². The van der Waals surface area contributed by atoms with Crippen LogP contribution in [0, 0.1) is 0 Å². The van der Waals surface area contributed by atoms with Crippen molar-refractivity contribution in [1.29, 1.82) is 0 Å². The molecule has 1 aromatic carbocycles. The number of hydrogen-bond acceptors (Lipinski definition) is 5. The first kappa shape index (κ1) is 13.9. The predicted molar refractivity (Wildman–Crippen MR) is 78.6 cm³/mol. The Labute approximate surface area is 130 Å². The third-order valence-electron chi connectivity index (χ3n) is 2.61. The predicted octanol–water partition coefficient (Wildman–Crippen LogP) is 4.32. The lowest BCUT2D eigenvalue weighted by Gasteiger charge is -2.04. The van der Waals surface area contributed by atoms with Gasteiger partial charge in [0.2, 0.25) is 5.88 Å². The molecule has 7 heteroatoms. The van der Waals surface area contributed by atoms with Gasteiger partial charge in [-0.2, -0.15) is 4.98 Å². The molecule has 0 aliphatic carbocycles. The summed E-state index contributed by atoms with van der Waals surface area (Å²) >= 11 is 11.4. The van der Waals surface area contributed by atoms with E-state index in [2.05, 4.69) is 15.1 Å². The minimum absolute atomic E-state index is 0.215. The number of aromatic nitrogens is 3. The molecule has 0 saturated heterocycles. The zero-order chi connectivity index (χ0) is 14.7. The Morgan fingerprint density at radius 3 is 2.52 bits per heavy atom. The maximum Gasteiger partial charge on any atom is 0.257 e. The Bertz CT molecular complexity index is 727. The summed E-state index contributed by atoms with van der Waals surface area (Å²) < 4.78 is 10.7. The number of rotatable bonds is 4. The second-order valence-electron chi connectivity index (χ2n) is 4.09. The lowest BCUT2D eigenvalue weighted by Crippen LogP contribution is -1.87. The topological polar surface area (TPSA) is 61.0 Å². The molecule has 2 aromatic heterocycles. The molecule has 5 nitrogen and oxygen atoms in total. The smallest absolute Gasteiger partial charge is 0.257 e. The SMILES string of the molecule is ClCc1noc(-c2ccc(Oc3ccc(Cl)cn3)cc2)n1. The Morgan fingerprint density at radius 1 is 1.10 bits per heavy atom. The lowest BCUT2D eigenvalue weighted by molar-refractivity contribution is 0.425. The van der Waals surface area contributed by atoms with Crippen molar-refractivity contribution < 1.29 is 9.26 Å². The van der Waals surface area contributed by atoms with Crippen molar-refractivity contribution in [3.05, 3.63) is 53.4 Å². The summed E-state index contributed by atoms with van der Waals surface area (Å²) in [4.78, 5) is 8.20. The quantitative estimate of drug-likeness (QED) is 0.670. The molecule has 2 heterocycles. The molecule has 0 amide bonds. The molecule has 0 N–H and O–H groups in total. The highest BCUT2D eigenvalue weighted by atomic mass is 35.5. The van der Waals surface area contributed by atoms with E-state index in [1.165, 1.54) is 6.20 Å². The normalized spacial score (nSPS) is 10.6. The first-order valence-electron chi connectivity index (χ1n) is 6.03. The van der Waals surface area contributed by atoms with Crippen LogP contribution in [0.25, 0.3) is 11.5 Å². The largest absolute Gasteiger partial charge is 0.439 e. The molecule has 0 radical (unpaired) electrons. The molecule has 0 saturated carbocycles. The summed E-state index contributed by atoms with van der Waals surface area (Å²) in [5.74, 6) is 2.20. The Balaban J connectivity index is 1.76. The van der Waals surface area contributed by atoms with Crippen molar-refractivity contribution in [2.24, 2.45) is 0 Å². The van der Waals surface area contributed by atoms with Crippen molar-refractivity contribution in [3.8, 4) is 23.1 Å². The number of alkyl halides is 1. The van der Waals surface area contributed by atoms with Gasteiger partial charge in [-0.15, -0.1) is 11.6 Å². The van der Waals surface area contributed by atoms with Crippen molar-refractivity contribution in [2.45, 2.75) is 5.88 Å². The van der Waals surface area contributed by atoms with Gasteiger partial charge in [0.05, 0.1) is 10.9 Å². The van der Waals surface area contributed by atoms with Gasteiger partial charge in [0.25, 0.3) is 5.89 Å². The van der Waals surface area contributed by atoms with Gasteiger partial charge in [-0.3, -0.25) is 0 Å². The monoisotopic (exact) mass is 321 g/mol. The van der Waals surface area contributed by atoms with Crippen LogP contribution in [-0.4, -0.2) is 15.1 Å². The van der Waals surface area contributed by atoms with Gasteiger partial charge < -0.3 is 9.26 Å². The summed E-state index contributed by atoms with van der Waals surface area (Å²) in [6.07, 6.45) is 1.53. The van der Waals surface area contributed by atoms with E-state index in [4.69, 9.17) is 32.5 Å². The molecule has 0 bridgehead atoms. The van der Waals surface area contributed by atoms with Crippen LogP contribution < -0.4 is 4.74 Å². The molecular weight excluding hydrogens is 313 g/mol. The van der Waals surface area contributed by atoms with E-state index in [0.29, 0.717) is 28.4 Å². The minimum Gasteiger partial charge on any atom is -0.439 e. The van der Waals surface area contributed by atoms with Crippen LogP contribution in [0.1, 0.15) is 5.82 Å². The third-order valence-corrected chi connectivity index (χ3v) is 3.07. The maximum absolute atomic E-state index is 5.77. The van der Waals surface area contributed by atoms with Gasteiger partial charge in [0.15, 0.2) is 5.82 Å². The van der Waals surface area contributed by atoms with E-state index >= 15 is 0 Å². The zero-order valence-corrected chi connectivity index (χ0v) is 12.2. The van der Waals surface area contributed by atoms with E-state index in [1.54, 1.807) is 24.3 Å². The molecule has 0 aliphatic rings. The van der Waals surface area contributed by atoms with Gasteiger partial charge in [0.1, 0.15) is 5.75 Å².